The van der Waals surface area contributed by atoms with Crippen LogP contribution >= 0.6 is 35.3 Å². The number of nitrogens with zero attached hydrogens (tertiary/aromatic N) is 2. The highest BCUT2D eigenvalue weighted by Crippen LogP contribution is 2.42. The van der Waals surface area contributed by atoms with Gasteiger partial charge < -0.3 is 10.6 Å². The van der Waals surface area contributed by atoms with Gasteiger partial charge in [0.25, 0.3) is 0 Å². The summed E-state index contributed by atoms with van der Waals surface area (Å²) in [4.78, 5) is 10.2. The van der Waals surface area contributed by atoms with Crippen LogP contribution < -0.4 is 10.6 Å². The summed E-state index contributed by atoms with van der Waals surface area (Å²) < 4.78 is 0. The van der Waals surface area contributed by atoms with Gasteiger partial charge in [0.05, 0.1) is 10.7 Å². The number of aliphatic imine (C=N–C) groups is 1. The first-order valence-electron chi connectivity index (χ1n) is 7.96. The first kappa shape index (κ1) is 19.7. The lowest BCUT2D eigenvalue weighted by atomic mass is 9.67. The van der Waals surface area contributed by atoms with Crippen LogP contribution in [0.25, 0.3) is 0 Å². The largest absolute Gasteiger partial charge is 0.356 e. The van der Waals surface area contributed by atoms with Crippen molar-refractivity contribution in [1.29, 1.82) is 0 Å². The van der Waals surface area contributed by atoms with Gasteiger partial charge in [-0.3, -0.25) is 4.99 Å². The Hall–Kier alpha value is -0.370. The lowest BCUT2D eigenvalue weighted by Crippen LogP contribution is -2.46. The first-order valence-corrected chi connectivity index (χ1v) is 8.77. The van der Waals surface area contributed by atoms with Crippen LogP contribution in [0, 0.1) is 19.3 Å². The molecule has 126 valence electrons. The van der Waals surface area contributed by atoms with Gasteiger partial charge in [0.2, 0.25) is 0 Å². The Balaban J connectivity index is 0.00000242. The standard InChI is InChI=1S/C16H28N4S.HI/c1-5-16(8-6-9-16)11-19-15(17-4)18-10-7-14-12(2)20-13(3)21-14;/h5-11H2,1-4H3,(H2,17,18,19);1H. The molecule has 0 aromatic carbocycles. The molecule has 2 N–H and O–H groups in total. The van der Waals surface area contributed by atoms with E-state index >= 15 is 0 Å². The van der Waals surface area contributed by atoms with Crippen molar-refractivity contribution in [2.24, 2.45) is 10.4 Å². The molecule has 0 bridgehead atoms. The minimum atomic E-state index is 0. The number of hydrogen-bond donors (Lipinski definition) is 2. The topological polar surface area (TPSA) is 49.3 Å². The molecule has 0 saturated heterocycles. The molecule has 6 heteroatoms. The summed E-state index contributed by atoms with van der Waals surface area (Å²) in [5, 5.41) is 8.07. The van der Waals surface area contributed by atoms with Gasteiger partial charge >= 0.3 is 0 Å². The molecule has 0 atom stereocenters. The van der Waals surface area contributed by atoms with Crippen LogP contribution in [0.3, 0.4) is 0 Å². The number of aryl methyl sites for hydroxylation is 2. The lowest BCUT2D eigenvalue weighted by Gasteiger charge is -2.41. The van der Waals surface area contributed by atoms with Gasteiger partial charge in [-0.05, 0) is 38.5 Å². The van der Waals surface area contributed by atoms with Crippen LogP contribution in [-0.2, 0) is 6.42 Å². The molecule has 1 fully saturated rings. The minimum Gasteiger partial charge on any atom is -0.356 e. The number of aromatic nitrogens is 1. The summed E-state index contributed by atoms with van der Waals surface area (Å²) in [6, 6.07) is 0. The number of halogens is 1. The molecule has 1 aliphatic rings. The molecule has 0 radical (unpaired) electrons. The van der Waals surface area contributed by atoms with Crippen molar-refractivity contribution >= 4 is 41.3 Å². The van der Waals surface area contributed by atoms with Crippen LogP contribution in [0.1, 0.15) is 48.2 Å². The van der Waals surface area contributed by atoms with E-state index in [4.69, 9.17) is 0 Å². The van der Waals surface area contributed by atoms with Crippen LogP contribution in [0.15, 0.2) is 4.99 Å². The van der Waals surface area contributed by atoms with E-state index in [-0.39, 0.29) is 24.0 Å². The molecule has 1 aromatic heterocycles. The fourth-order valence-corrected chi connectivity index (χ4v) is 3.86. The Kier molecular flexibility index (Phi) is 8.10. The monoisotopic (exact) mass is 436 g/mol. The van der Waals surface area contributed by atoms with Crippen molar-refractivity contribution in [3.8, 4) is 0 Å². The van der Waals surface area contributed by atoms with E-state index in [1.54, 1.807) is 11.3 Å². The average molecular weight is 436 g/mol. The second-order valence-electron chi connectivity index (χ2n) is 6.05. The van der Waals surface area contributed by atoms with Crippen LogP contribution in [-0.4, -0.2) is 31.1 Å². The van der Waals surface area contributed by atoms with Gasteiger partial charge in [0, 0.05) is 31.4 Å². The van der Waals surface area contributed by atoms with Crippen LogP contribution in [0.5, 0.6) is 0 Å². The number of hydrogen-bond acceptors (Lipinski definition) is 3. The predicted molar refractivity (Wildman–Crippen MR) is 107 cm³/mol. The zero-order valence-corrected chi connectivity index (χ0v) is 17.3. The smallest absolute Gasteiger partial charge is 0.191 e. The number of guanidine groups is 1. The quantitative estimate of drug-likeness (QED) is 0.407. The van der Waals surface area contributed by atoms with E-state index in [1.165, 1.54) is 36.3 Å². The molecule has 0 aliphatic heterocycles. The molecule has 2 rings (SSSR count). The maximum Gasteiger partial charge on any atom is 0.191 e. The zero-order valence-electron chi connectivity index (χ0n) is 14.2. The van der Waals surface area contributed by atoms with E-state index in [0.717, 1.165) is 30.5 Å². The molecule has 4 nitrogen and oxygen atoms in total. The summed E-state index contributed by atoms with van der Waals surface area (Å²) in [5.74, 6) is 0.925. The van der Waals surface area contributed by atoms with E-state index in [0.29, 0.717) is 5.41 Å². The Labute approximate surface area is 155 Å². The normalized spacial score (nSPS) is 16.6. The van der Waals surface area contributed by atoms with E-state index < -0.39 is 0 Å². The number of nitrogens with one attached hydrogen (secondary N) is 2. The molecule has 1 saturated carbocycles. The zero-order chi connectivity index (χ0) is 15.3. The van der Waals surface area contributed by atoms with Crippen molar-refractivity contribution in [3.05, 3.63) is 15.6 Å². The van der Waals surface area contributed by atoms with E-state index in [2.05, 4.69) is 41.4 Å². The van der Waals surface area contributed by atoms with E-state index in [1.807, 2.05) is 7.05 Å². The highest BCUT2D eigenvalue weighted by atomic mass is 127. The second-order valence-corrected chi connectivity index (χ2v) is 7.34. The Morgan fingerprint density at radius 2 is 2.05 bits per heavy atom. The number of thiazole rings is 1. The first-order chi connectivity index (χ1) is 10.1. The lowest BCUT2D eigenvalue weighted by molar-refractivity contribution is 0.131. The van der Waals surface area contributed by atoms with Crippen molar-refractivity contribution in [1.82, 2.24) is 15.6 Å². The van der Waals surface area contributed by atoms with Gasteiger partial charge in [-0.15, -0.1) is 35.3 Å². The van der Waals surface area contributed by atoms with Gasteiger partial charge in [0.15, 0.2) is 5.96 Å². The molecular weight excluding hydrogens is 407 g/mol. The van der Waals surface area contributed by atoms with Crippen molar-refractivity contribution < 1.29 is 0 Å². The Bertz CT molecular complexity index is 489. The number of rotatable bonds is 6. The molecular formula is C16H29IN4S. The Morgan fingerprint density at radius 3 is 2.50 bits per heavy atom. The highest BCUT2D eigenvalue weighted by Gasteiger charge is 2.34. The summed E-state index contributed by atoms with van der Waals surface area (Å²) >= 11 is 1.80. The van der Waals surface area contributed by atoms with Crippen molar-refractivity contribution in [2.75, 3.05) is 20.1 Å². The fraction of sp³-hybridized carbons (Fsp3) is 0.750. The molecule has 22 heavy (non-hydrogen) atoms. The van der Waals surface area contributed by atoms with Gasteiger partial charge in [-0.1, -0.05) is 13.3 Å². The van der Waals surface area contributed by atoms with Crippen LogP contribution in [0.2, 0.25) is 0 Å². The maximum absolute atomic E-state index is 4.47. The third-order valence-electron chi connectivity index (χ3n) is 4.66. The molecule has 0 amide bonds. The third-order valence-corrected chi connectivity index (χ3v) is 5.80. The van der Waals surface area contributed by atoms with Gasteiger partial charge in [0.1, 0.15) is 0 Å². The summed E-state index contributed by atoms with van der Waals surface area (Å²) in [6.07, 6.45) is 6.36. The van der Waals surface area contributed by atoms with Gasteiger partial charge in [-0.2, -0.15) is 0 Å². The third kappa shape index (κ3) is 5.08. The summed E-state index contributed by atoms with van der Waals surface area (Å²) in [6.45, 7) is 8.40. The van der Waals surface area contributed by atoms with Crippen LogP contribution in [0.4, 0.5) is 0 Å². The Morgan fingerprint density at radius 1 is 1.32 bits per heavy atom. The SMILES string of the molecule is CCC1(CNC(=NC)NCCc2sc(C)nc2C)CCC1.I. The molecule has 1 aliphatic carbocycles. The predicted octanol–water partition coefficient (Wildman–Crippen LogP) is 3.67. The minimum absolute atomic E-state index is 0. The average Bonchev–Trinajstić information content (AvgIpc) is 2.74. The van der Waals surface area contributed by atoms with Crippen molar-refractivity contribution in [3.63, 3.8) is 0 Å². The second kappa shape index (κ2) is 9.05. The summed E-state index contributed by atoms with van der Waals surface area (Å²) in [5.41, 5.74) is 1.69. The molecule has 0 spiro atoms. The van der Waals surface area contributed by atoms with Gasteiger partial charge in [-0.25, -0.2) is 4.98 Å². The molecule has 1 heterocycles. The highest BCUT2D eigenvalue weighted by molar-refractivity contribution is 14.0. The fourth-order valence-electron chi connectivity index (χ4n) is 2.92. The van der Waals surface area contributed by atoms with E-state index in [9.17, 15) is 0 Å². The van der Waals surface area contributed by atoms with Crippen molar-refractivity contribution in [2.45, 2.75) is 52.9 Å². The summed E-state index contributed by atoms with van der Waals surface area (Å²) in [7, 11) is 1.84. The molecule has 1 aromatic rings. The maximum atomic E-state index is 4.47. The molecule has 0 unspecified atom stereocenters.